The number of anilines is 2. The quantitative estimate of drug-likeness (QED) is 0.480. The fraction of sp³-hybridized carbons (Fsp3) is 0.250. The Labute approximate surface area is 174 Å². The molecule has 0 spiro atoms. The minimum absolute atomic E-state index is 0.114. The van der Waals surface area contributed by atoms with E-state index in [1.54, 1.807) is 18.2 Å². The number of carbonyl (C=O) groups is 2. The number of carbonyl (C=O) groups excluding carboxylic acids is 1. The SMILES string of the molecule is CC1(C)CC(=O)C2=C(C1)Nc1cc(C(=O)O)ccc1NC2c1c[nH]c2ccccc12. The first-order valence-corrected chi connectivity index (χ1v) is 10.1. The number of Topliss-reactive ketones (excluding diaryl/α,β-unsaturated/α-hetero) is 1. The summed E-state index contributed by atoms with van der Waals surface area (Å²) in [6.07, 6.45) is 3.15. The number of carboxylic acid groups (broad SMARTS) is 1. The summed E-state index contributed by atoms with van der Waals surface area (Å²) >= 11 is 0. The summed E-state index contributed by atoms with van der Waals surface area (Å²) in [4.78, 5) is 28.1. The maximum atomic E-state index is 13.3. The number of ketones is 1. The van der Waals surface area contributed by atoms with E-state index in [4.69, 9.17) is 0 Å². The van der Waals surface area contributed by atoms with Crippen LogP contribution in [0.25, 0.3) is 10.9 Å². The Morgan fingerprint density at radius 2 is 1.90 bits per heavy atom. The summed E-state index contributed by atoms with van der Waals surface area (Å²) in [6, 6.07) is 12.7. The first-order chi connectivity index (χ1) is 14.3. The fourth-order valence-electron chi connectivity index (χ4n) is 4.64. The lowest BCUT2D eigenvalue weighted by Crippen LogP contribution is -2.31. The Morgan fingerprint density at radius 3 is 2.70 bits per heavy atom. The molecule has 2 aromatic carbocycles. The molecule has 1 aliphatic carbocycles. The zero-order valence-electron chi connectivity index (χ0n) is 16.9. The molecule has 2 heterocycles. The number of aromatic carboxylic acids is 1. The van der Waals surface area contributed by atoms with Crippen molar-refractivity contribution in [1.82, 2.24) is 4.98 Å². The molecule has 0 amide bonds. The van der Waals surface area contributed by atoms with Crippen LogP contribution in [-0.2, 0) is 4.79 Å². The molecule has 5 rings (SSSR count). The monoisotopic (exact) mass is 401 g/mol. The van der Waals surface area contributed by atoms with Gasteiger partial charge in [-0.05, 0) is 36.1 Å². The van der Waals surface area contributed by atoms with Crippen LogP contribution in [0, 0.1) is 5.41 Å². The molecule has 1 aromatic heterocycles. The lowest BCUT2D eigenvalue weighted by Gasteiger charge is -2.34. The third kappa shape index (κ3) is 2.96. The third-order valence-electron chi connectivity index (χ3n) is 5.99. The van der Waals surface area contributed by atoms with Gasteiger partial charge in [0.2, 0.25) is 0 Å². The maximum absolute atomic E-state index is 13.3. The molecule has 0 bridgehead atoms. The van der Waals surface area contributed by atoms with Crippen molar-refractivity contribution >= 4 is 34.0 Å². The van der Waals surface area contributed by atoms with Crippen molar-refractivity contribution in [2.75, 3.05) is 10.6 Å². The molecule has 3 aromatic rings. The third-order valence-corrected chi connectivity index (χ3v) is 5.99. The van der Waals surface area contributed by atoms with Crippen LogP contribution < -0.4 is 10.6 Å². The second-order valence-electron chi connectivity index (χ2n) is 8.89. The number of fused-ring (bicyclic) bond motifs is 2. The van der Waals surface area contributed by atoms with Gasteiger partial charge in [-0.2, -0.15) is 0 Å². The van der Waals surface area contributed by atoms with Gasteiger partial charge in [-0.3, -0.25) is 4.79 Å². The Bertz CT molecular complexity index is 1240. The second-order valence-corrected chi connectivity index (χ2v) is 8.89. The number of rotatable bonds is 2. The van der Waals surface area contributed by atoms with Crippen molar-refractivity contribution in [2.24, 2.45) is 5.41 Å². The van der Waals surface area contributed by atoms with E-state index in [1.165, 1.54) is 0 Å². The first-order valence-electron chi connectivity index (χ1n) is 10.1. The number of para-hydroxylation sites is 1. The van der Waals surface area contributed by atoms with E-state index in [1.807, 2.05) is 30.5 Å². The summed E-state index contributed by atoms with van der Waals surface area (Å²) in [6.45, 7) is 4.17. The molecule has 6 heteroatoms. The molecule has 0 fully saturated rings. The van der Waals surface area contributed by atoms with Gasteiger partial charge in [0, 0.05) is 40.4 Å². The summed E-state index contributed by atoms with van der Waals surface area (Å²) < 4.78 is 0. The van der Waals surface area contributed by atoms with Crippen molar-refractivity contribution in [2.45, 2.75) is 32.7 Å². The van der Waals surface area contributed by atoms with Gasteiger partial charge in [0.15, 0.2) is 5.78 Å². The van der Waals surface area contributed by atoms with Crippen LogP contribution in [0.1, 0.15) is 48.7 Å². The minimum Gasteiger partial charge on any atom is -0.478 e. The van der Waals surface area contributed by atoms with Gasteiger partial charge in [0.05, 0.1) is 23.0 Å². The van der Waals surface area contributed by atoms with Crippen molar-refractivity contribution in [1.29, 1.82) is 0 Å². The molecule has 30 heavy (non-hydrogen) atoms. The van der Waals surface area contributed by atoms with Crippen molar-refractivity contribution in [3.8, 4) is 0 Å². The predicted molar refractivity (Wildman–Crippen MR) is 117 cm³/mol. The van der Waals surface area contributed by atoms with E-state index >= 15 is 0 Å². The molecule has 0 saturated heterocycles. The summed E-state index contributed by atoms with van der Waals surface area (Å²) in [5.74, 6) is -0.867. The molecule has 1 aliphatic heterocycles. The minimum atomic E-state index is -0.980. The maximum Gasteiger partial charge on any atom is 0.335 e. The van der Waals surface area contributed by atoms with Crippen LogP contribution in [0.15, 0.2) is 59.9 Å². The first kappa shape index (κ1) is 18.5. The normalized spacial score (nSPS) is 20.1. The standard InChI is InChI=1S/C24H23N3O3/c1-24(2)10-19-21(20(28)11-24)22(15-12-25-16-6-4-3-5-14(15)16)27-17-8-7-13(23(29)30)9-18(17)26-19/h3-9,12,22,25-27H,10-11H2,1-2H3,(H,29,30). The van der Waals surface area contributed by atoms with Crippen LogP contribution in [0.4, 0.5) is 11.4 Å². The number of hydrogen-bond donors (Lipinski definition) is 4. The average Bonchev–Trinajstić information content (AvgIpc) is 3.03. The molecule has 4 N–H and O–H groups in total. The average molecular weight is 401 g/mol. The van der Waals surface area contributed by atoms with E-state index in [0.717, 1.165) is 33.4 Å². The van der Waals surface area contributed by atoms with Crippen molar-refractivity contribution < 1.29 is 14.7 Å². The van der Waals surface area contributed by atoms with Gasteiger partial charge < -0.3 is 20.7 Å². The van der Waals surface area contributed by atoms with E-state index < -0.39 is 5.97 Å². The zero-order chi connectivity index (χ0) is 21.0. The highest BCUT2D eigenvalue weighted by atomic mass is 16.4. The lowest BCUT2D eigenvalue weighted by molar-refractivity contribution is -0.118. The van der Waals surface area contributed by atoms with Crippen LogP contribution in [-0.4, -0.2) is 21.8 Å². The number of allylic oxidation sites excluding steroid dienone is 1. The summed E-state index contributed by atoms with van der Waals surface area (Å²) in [7, 11) is 0. The Kier molecular flexibility index (Phi) is 4.00. The highest BCUT2D eigenvalue weighted by Gasteiger charge is 2.39. The number of nitrogens with one attached hydrogen (secondary N) is 3. The van der Waals surface area contributed by atoms with Gasteiger partial charge in [-0.15, -0.1) is 0 Å². The Balaban J connectivity index is 1.72. The van der Waals surface area contributed by atoms with Gasteiger partial charge in [0.1, 0.15) is 0 Å². The number of carboxylic acids is 1. The molecule has 1 atom stereocenters. The Hall–Kier alpha value is -3.54. The van der Waals surface area contributed by atoms with Crippen LogP contribution in [0.5, 0.6) is 0 Å². The molecular weight excluding hydrogens is 378 g/mol. The lowest BCUT2D eigenvalue weighted by atomic mass is 9.73. The topological polar surface area (TPSA) is 94.2 Å². The number of aromatic nitrogens is 1. The fourth-order valence-corrected chi connectivity index (χ4v) is 4.64. The molecule has 1 unspecified atom stereocenters. The van der Waals surface area contributed by atoms with Crippen molar-refractivity contribution in [3.63, 3.8) is 0 Å². The molecular formula is C24H23N3O3. The second kappa shape index (κ2) is 6.49. The number of hydrogen-bond acceptors (Lipinski definition) is 4. The zero-order valence-corrected chi connectivity index (χ0v) is 16.9. The smallest absolute Gasteiger partial charge is 0.335 e. The molecule has 0 radical (unpaired) electrons. The van der Waals surface area contributed by atoms with E-state index in [2.05, 4.69) is 29.5 Å². The predicted octanol–water partition coefficient (Wildman–Crippen LogP) is 5.09. The molecule has 2 aliphatic rings. The van der Waals surface area contributed by atoms with Crippen LogP contribution in [0.2, 0.25) is 0 Å². The van der Waals surface area contributed by atoms with E-state index in [-0.39, 0.29) is 22.8 Å². The van der Waals surface area contributed by atoms with Gasteiger partial charge in [0.25, 0.3) is 0 Å². The van der Waals surface area contributed by atoms with Crippen molar-refractivity contribution in [3.05, 3.63) is 71.1 Å². The van der Waals surface area contributed by atoms with Gasteiger partial charge in [-0.25, -0.2) is 4.79 Å². The Morgan fingerprint density at radius 1 is 1.10 bits per heavy atom. The molecule has 6 nitrogen and oxygen atoms in total. The largest absolute Gasteiger partial charge is 0.478 e. The number of aromatic amines is 1. The molecule has 0 saturated carbocycles. The highest BCUT2D eigenvalue weighted by Crippen LogP contribution is 2.46. The highest BCUT2D eigenvalue weighted by molar-refractivity contribution is 6.02. The van der Waals surface area contributed by atoms with E-state index in [9.17, 15) is 14.7 Å². The van der Waals surface area contributed by atoms with Gasteiger partial charge in [-0.1, -0.05) is 32.0 Å². The summed E-state index contributed by atoms with van der Waals surface area (Å²) in [5, 5.41) is 17.4. The van der Waals surface area contributed by atoms with Gasteiger partial charge >= 0.3 is 5.97 Å². The molecule has 152 valence electrons. The number of H-pyrrole nitrogens is 1. The van der Waals surface area contributed by atoms with Crippen LogP contribution >= 0.6 is 0 Å². The van der Waals surface area contributed by atoms with E-state index in [0.29, 0.717) is 18.5 Å². The van der Waals surface area contributed by atoms with Crippen LogP contribution in [0.3, 0.4) is 0 Å². The summed E-state index contributed by atoms with van der Waals surface area (Å²) in [5.41, 5.74) is 5.10. The number of benzene rings is 2.